The Labute approximate surface area is 90.3 Å². The van der Waals surface area contributed by atoms with Crippen LogP contribution in [0.25, 0.3) is 0 Å². The summed E-state index contributed by atoms with van der Waals surface area (Å²) in [5.41, 5.74) is -0.0281. The van der Waals surface area contributed by atoms with Crippen molar-refractivity contribution in [1.82, 2.24) is 9.55 Å². The fourth-order valence-corrected chi connectivity index (χ4v) is 1.30. The molecule has 0 radical (unpaired) electrons. The minimum atomic E-state index is -0.0281. The number of hydrogen-bond acceptors (Lipinski definition) is 3. The second-order valence-corrected chi connectivity index (χ2v) is 3.73. The first-order valence-corrected chi connectivity index (χ1v) is 5.51. The van der Waals surface area contributed by atoms with Gasteiger partial charge in [-0.2, -0.15) is 0 Å². The van der Waals surface area contributed by atoms with Gasteiger partial charge in [0.15, 0.2) is 5.82 Å². The van der Waals surface area contributed by atoms with E-state index in [2.05, 4.69) is 24.1 Å². The highest BCUT2D eigenvalue weighted by Gasteiger charge is 2.06. The average molecular weight is 209 g/mol. The quantitative estimate of drug-likeness (QED) is 0.805. The van der Waals surface area contributed by atoms with Crippen LogP contribution in [0, 0.1) is 0 Å². The van der Waals surface area contributed by atoms with Crippen molar-refractivity contribution in [2.24, 2.45) is 0 Å². The molecule has 0 aliphatic heterocycles. The lowest BCUT2D eigenvalue weighted by Gasteiger charge is -2.12. The molecule has 0 spiro atoms. The maximum atomic E-state index is 11.8. The van der Waals surface area contributed by atoms with Crippen LogP contribution in [0.4, 0.5) is 5.82 Å². The van der Waals surface area contributed by atoms with E-state index in [0.717, 1.165) is 19.4 Å². The Morgan fingerprint density at radius 3 is 2.87 bits per heavy atom. The molecule has 0 fully saturated rings. The standard InChI is InChI=1S/C11H19N3O/c1-4-7-14-8-6-12-10(11(14)15)13-9(3)5-2/h6,8-9H,4-5,7H2,1-3H3,(H,12,13). The van der Waals surface area contributed by atoms with E-state index in [1.54, 1.807) is 17.0 Å². The third-order valence-electron chi connectivity index (χ3n) is 2.37. The highest BCUT2D eigenvalue weighted by molar-refractivity contribution is 5.31. The summed E-state index contributed by atoms with van der Waals surface area (Å²) in [5.74, 6) is 0.459. The molecule has 1 aromatic heterocycles. The van der Waals surface area contributed by atoms with E-state index in [9.17, 15) is 4.79 Å². The summed E-state index contributed by atoms with van der Waals surface area (Å²) in [6, 6.07) is 0.280. The van der Waals surface area contributed by atoms with Crippen LogP contribution in [0.1, 0.15) is 33.6 Å². The number of aryl methyl sites for hydroxylation is 1. The Kier molecular flexibility index (Phi) is 4.34. The molecule has 84 valence electrons. The smallest absolute Gasteiger partial charge is 0.293 e. The average Bonchev–Trinajstić information content (AvgIpc) is 2.24. The van der Waals surface area contributed by atoms with Crippen LogP contribution < -0.4 is 10.9 Å². The number of hydrogen-bond donors (Lipinski definition) is 1. The van der Waals surface area contributed by atoms with E-state index in [-0.39, 0.29) is 11.6 Å². The topological polar surface area (TPSA) is 46.9 Å². The molecule has 0 bridgehead atoms. The van der Waals surface area contributed by atoms with Crippen LogP contribution in [0.5, 0.6) is 0 Å². The van der Waals surface area contributed by atoms with Crippen molar-refractivity contribution in [1.29, 1.82) is 0 Å². The zero-order chi connectivity index (χ0) is 11.3. The highest BCUT2D eigenvalue weighted by atomic mass is 16.1. The van der Waals surface area contributed by atoms with Crippen LogP contribution in [0.2, 0.25) is 0 Å². The van der Waals surface area contributed by atoms with E-state index in [4.69, 9.17) is 0 Å². The van der Waals surface area contributed by atoms with Crippen molar-refractivity contribution in [3.05, 3.63) is 22.7 Å². The predicted octanol–water partition coefficient (Wildman–Crippen LogP) is 1.86. The van der Waals surface area contributed by atoms with Crippen LogP contribution in [0.3, 0.4) is 0 Å². The van der Waals surface area contributed by atoms with Gasteiger partial charge in [-0.3, -0.25) is 4.79 Å². The molecule has 0 amide bonds. The minimum Gasteiger partial charge on any atom is -0.363 e. The van der Waals surface area contributed by atoms with Crippen molar-refractivity contribution < 1.29 is 0 Å². The number of aromatic nitrogens is 2. The number of nitrogens with zero attached hydrogens (tertiary/aromatic N) is 2. The van der Waals surface area contributed by atoms with Gasteiger partial charge < -0.3 is 9.88 Å². The third-order valence-corrected chi connectivity index (χ3v) is 2.37. The number of rotatable bonds is 5. The largest absolute Gasteiger partial charge is 0.363 e. The molecule has 0 saturated heterocycles. The lowest BCUT2D eigenvalue weighted by Crippen LogP contribution is -2.27. The first kappa shape index (κ1) is 11.8. The molecule has 4 nitrogen and oxygen atoms in total. The minimum absolute atomic E-state index is 0.0281. The van der Waals surface area contributed by atoms with Crippen molar-refractivity contribution in [2.75, 3.05) is 5.32 Å². The maximum absolute atomic E-state index is 11.8. The van der Waals surface area contributed by atoms with Crippen molar-refractivity contribution >= 4 is 5.82 Å². The Bertz CT molecular complexity index is 359. The molecule has 1 rings (SSSR count). The molecule has 1 heterocycles. The van der Waals surface area contributed by atoms with Gasteiger partial charge in [-0.1, -0.05) is 13.8 Å². The molecule has 1 N–H and O–H groups in total. The summed E-state index contributed by atoms with van der Waals surface area (Å²) in [7, 11) is 0. The molecular formula is C11H19N3O. The Morgan fingerprint density at radius 1 is 1.53 bits per heavy atom. The molecular weight excluding hydrogens is 190 g/mol. The SMILES string of the molecule is CCCn1ccnc(NC(C)CC)c1=O. The summed E-state index contributed by atoms with van der Waals surface area (Å²) in [6.45, 7) is 6.91. The molecule has 1 unspecified atom stereocenters. The van der Waals surface area contributed by atoms with E-state index in [0.29, 0.717) is 5.82 Å². The van der Waals surface area contributed by atoms with Gasteiger partial charge in [0.05, 0.1) is 0 Å². The molecule has 15 heavy (non-hydrogen) atoms. The summed E-state index contributed by atoms with van der Waals surface area (Å²) in [6.07, 6.45) is 5.33. The number of anilines is 1. The van der Waals surface area contributed by atoms with Crippen LogP contribution in [-0.2, 0) is 6.54 Å². The van der Waals surface area contributed by atoms with Gasteiger partial charge >= 0.3 is 0 Å². The van der Waals surface area contributed by atoms with Crippen LogP contribution >= 0.6 is 0 Å². The molecule has 1 aromatic rings. The fraction of sp³-hybridized carbons (Fsp3) is 0.636. The van der Waals surface area contributed by atoms with Gasteiger partial charge in [0, 0.05) is 25.0 Å². The van der Waals surface area contributed by atoms with Gasteiger partial charge in [-0.15, -0.1) is 0 Å². The first-order chi connectivity index (χ1) is 7.19. The maximum Gasteiger partial charge on any atom is 0.293 e. The van der Waals surface area contributed by atoms with Gasteiger partial charge in [0.1, 0.15) is 0 Å². The molecule has 4 heteroatoms. The lowest BCUT2D eigenvalue weighted by molar-refractivity contribution is 0.646. The molecule has 0 saturated carbocycles. The second-order valence-electron chi connectivity index (χ2n) is 3.73. The van der Waals surface area contributed by atoms with Crippen molar-refractivity contribution in [2.45, 2.75) is 46.2 Å². The zero-order valence-corrected chi connectivity index (χ0v) is 9.66. The van der Waals surface area contributed by atoms with Gasteiger partial charge in [0.25, 0.3) is 5.56 Å². The van der Waals surface area contributed by atoms with Crippen molar-refractivity contribution in [3.63, 3.8) is 0 Å². The van der Waals surface area contributed by atoms with E-state index in [1.807, 2.05) is 6.92 Å². The molecule has 0 aliphatic rings. The molecule has 0 aromatic carbocycles. The molecule has 1 atom stereocenters. The Hall–Kier alpha value is -1.32. The monoisotopic (exact) mass is 209 g/mol. The second kappa shape index (κ2) is 5.53. The summed E-state index contributed by atoms with van der Waals surface area (Å²) in [5, 5.41) is 3.11. The van der Waals surface area contributed by atoms with Crippen LogP contribution in [0.15, 0.2) is 17.2 Å². The van der Waals surface area contributed by atoms with Gasteiger partial charge in [-0.05, 0) is 19.8 Å². The zero-order valence-electron chi connectivity index (χ0n) is 9.66. The predicted molar refractivity (Wildman–Crippen MR) is 62.2 cm³/mol. The first-order valence-electron chi connectivity index (χ1n) is 5.51. The third kappa shape index (κ3) is 3.08. The number of nitrogens with one attached hydrogen (secondary N) is 1. The van der Waals surface area contributed by atoms with Gasteiger partial charge in [0.2, 0.25) is 0 Å². The van der Waals surface area contributed by atoms with Crippen molar-refractivity contribution in [3.8, 4) is 0 Å². The van der Waals surface area contributed by atoms with E-state index in [1.165, 1.54) is 0 Å². The van der Waals surface area contributed by atoms with Gasteiger partial charge in [-0.25, -0.2) is 4.98 Å². The van der Waals surface area contributed by atoms with Crippen LogP contribution in [-0.4, -0.2) is 15.6 Å². The van der Waals surface area contributed by atoms with E-state index < -0.39 is 0 Å². The molecule has 0 aliphatic carbocycles. The lowest BCUT2D eigenvalue weighted by atomic mass is 10.3. The summed E-state index contributed by atoms with van der Waals surface area (Å²) in [4.78, 5) is 15.9. The summed E-state index contributed by atoms with van der Waals surface area (Å²) < 4.78 is 1.69. The fourth-order valence-electron chi connectivity index (χ4n) is 1.30. The van der Waals surface area contributed by atoms with E-state index >= 15 is 0 Å². The normalized spacial score (nSPS) is 12.5. The highest BCUT2D eigenvalue weighted by Crippen LogP contribution is 1.99. The Morgan fingerprint density at radius 2 is 2.27 bits per heavy atom. The Balaban J connectivity index is 2.89. The summed E-state index contributed by atoms with van der Waals surface area (Å²) >= 11 is 0.